The van der Waals surface area contributed by atoms with E-state index in [9.17, 15) is 18.0 Å². The van der Waals surface area contributed by atoms with Gasteiger partial charge in [-0.15, -0.1) is 0 Å². The summed E-state index contributed by atoms with van der Waals surface area (Å²) in [4.78, 5) is 24.1. The molecule has 1 aromatic heterocycles. The molecule has 10 heteroatoms. The van der Waals surface area contributed by atoms with Gasteiger partial charge in [0.15, 0.2) is 12.4 Å². The lowest BCUT2D eigenvalue weighted by molar-refractivity contribution is -0.118. The third-order valence-corrected chi connectivity index (χ3v) is 4.55. The molecule has 0 saturated carbocycles. The van der Waals surface area contributed by atoms with E-state index in [0.29, 0.717) is 22.7 Å². The van der Waals surface area contributed by atoms with Crippen LogP contribution in [-0.2, 0) is 20.6 Å². The standard InChI is InChI=1S/C20H19N3O6S/c21-30(26,27)13-14-6-8-15(9-7-14)22-19(24)12-29-17-4-1-3-16(11-17)23-20(25)18-5-2-10-28-18/h1-11H,12-13H2,(H,22,24)(H,23,25)(H2,21,26,27). The Balaban J connectivity index is 1.51. The SMILES string of the molecule is NS(=O)(=O)Cc1ccc(NC(=O)COc2cccc(NC(=O)c3ccco3)c2)cc1. The lowest BCUT2D eigenvalue weighted by Crippen LogP contribution is -2.20. The fourth-order valence-corrected chi connectivity index (χ4v) is 3.18. The summed E-state index contributed by atoms with van der Waals surface area (Å²) in [5, 5.41) is 10.3. The van der Waals surface area contributed by atoms with Crippen molar-refractivity contribution in [2.45, 2.75) is 5.75 Å². The largest absolute Gasteiger partial charge is 0.484 e. The molecule has 3 aromatic rings. The molecule has 0 fully saturated rings. The first kappa shape index (κ1) is 21.1. The van der Waals surface area contributed by atoms with Gasteiger partial charge in [-0.2, -0.15) is 0 Å². The molecule has 0 bridgehead atoms. The van der Waals surface area contributed by atoms with Crippen LogP contribution in [0.15, 0.2) is 71.3 Å². The van der Waals surface area contributed by atoms with E-state index in [1.54, 1.807) is 60.7 Å². The van der Waals surface area contributed by atoms with Crippen LogP contribution in [0, 0.1) is 0 Å². The van der Waals surface area contributed by atoms with Crippen LogP contribution in [0.1, 0.15) is 16.1 Å². The van der Waals surface area contributed by atoms with E-state index in [1.807, 2.05) is 0 Å². The fourth-order valence-electron chi connectivity index (χ4n) is 2.53. The summed E-state index contributed by atoms with van der Waals surface area (Å²) >= 11 is 0. The molecule has 0 atom stereocenters. The molecule has 0 radical (unpaired) electrons. The number of nitrogens with two attached hydrogens (primary N) is 1. The predicted octanol–water partition coefficient (Wildman–Crippen LogP) is 2.34. The molecule has 2 amide bonds. The molecule has 30 heavy (non-hydrogen) atoms. The first-order valence-electron chi connectivity index (χ1n) is 8.75. The van der Waals surface area contributed by atoms with Gasteiger partial charge in [0.1, 0.15) is 5.75 Å². The van der Waals surface area contributed by atoms with E-state index in [4.69, 9.17) is 14.3 Å². The minimum Gasteiger partial charge on any atom is -0.484 e. The predicted molar refractivity (Wildman–Crippen MR) is 110 cm³/mol. The Labute approximate surface area is 172 Å². The van der Waals surface area contributed by atoms with E-state index in [1.165, 1.54) is 6.26 Å². The number of amides is 2. The maximum absolute atomic E-state index is 12.1. The van der Waals surface area contributed by atoms with Gasteiger partial charge in [-0.1, -0.05) is 18.2 Å². The third-order valence-electron chi connectivity index (χ3n) is 3.81. The molecule has 0 spiro atoms. The molecule has 4 N–H and O–H groups in total. The van der Waals surface area contributed by atoms with Gasteiger partial charge in [0.25, 0.3) is 11.8 Å². The van der Waals surface area contributed by atoms with Gasteiger partial charge in [-0.3, -0.25) is 9.59 Å². The van der Waals surface area contributed by atoms with Crippen LogP contribution in [0.4, 0.5) is 11.4 Å². The monoisotopic (exact) mass is 429 g/mol. The summed E-state index contributed by atoms with van der Waals surface area (Å²) < 4.78 is 32.7. The second-order valence-corrected chi connectivity index (χ2v) is 7.91. The Morgan fingerprint density at radius 1 is 0.967 bits per heavy atom. The zero-order chi connectivity index (χ0) is 21.6. The molecule has 2 aromatic carbocycles. The molecule has 9 nitrogen and oxygen atoms in total. The van der Waals surface area contributed by atoms with E-state index in [0.717, 1.165) is 0 Å². The zero-order valence-electron chi connectivity index (χ0n) is 15.7. The van der Waals surface area contributed by atoms with Crippen molar-refractivity contribution < 1.29 is 27.2 Å². The molecule has 0 saturated heterocycles. The van der Waals surface area contributed by atoms with Gasteiger partial charge in [-0.25, -0.2) is 13.6 Å². The number of carbonyl (C=O) groups excluding carboxylic acids is 2. The first-order chi connectivity index (χ1) is 14.3. The van der Waals surface area contributed by atoms with Gasteiger partial charge >= 0.3 is 0 Å². The summed E-state index contributed by atoms with van der Waals surface area (Å²) in [6.45, 7) is -0.255. The number of rotatable bonds is 8. The second-order valence-electron chi connectivity index (χ2n) is 6.30. The highest BCUT2D eigenvalue weighted by atomic mass is 32.2. The zero-order valence-corrected chi connectivity index (χ0v) is 16.5. The van der Waals surface area contributed by atoms with Crippen LogP contribution in [0.2, 0.25) is 0 Å². The maximum Gasteiger partial charge on any atom is 0.291 e. The molecular weight excluding hydrogens is 410 g/mol. The third kappa shape index (κ3) is 6.47. The summed E-state index contributed by atoms with van der Waals surface area (Å²) in [6.07, 6.45) is 1.40. The molecule has 0 aliphatic heterocycles. The molecule has 3 rings (SSSR count). The second kappa shape index (κ2) is 9.25. The molecule has 1 heterocycles. The highest BCUT2D eigenvalue weighted by Gasteiger charge is 2.10. The number of hydrogen-bond donors (Lipinski definition) is 3. The van der Waals surface area contributed by atoms with Crippen LogP contribution < -0.4 is 20.5 Å². The lowest BCUT2D eigenvalue weighted by atomic mass is 10.2. The Morgan fingerprint density at radius 2 is 1.73 bits per heavy atom. The van der Waals surface area contributed by atoms with Crippen molar-refractivity contribution in [3.63, 3.8) is 0 Å². The summed E-state index contributed by atoms with van der Waals surface area (Å²) in [7, 11) is -3.62. The molecule has 156 valence electrons. The topological polar surface area (TPSA) is 141 Å². The number of sulfonamides is 1. The van der Waals surface area contributed by atoms with Crippen molar-refractivity contribution in [3.05, 3.63) is 78.3 Å². The average molecular weight is 429 g/mol. The smallest absolute Gasteiger partial charge is 0.291 e. The van der Waals surface area contributed by atoms with Crippen molar-refractivity contribution in [3.8, 4) is 5.75 Å². The van der Waals surface area contributed by atoms with Crippen LogP contribution >= 0.6 is 0 Å². The highest BCUT2D eigenvalue weighted by molar-refractivity contribution is 7.88. The van der Waals surface area contributed by atoms with Crippen LogP contribution in [0.25, 0.3) is 0 Å². The van der Waals surface area contributed by atoms with Crippen LogP contribution in [0.5, 0.6) is 5.75 Å². The van der Waals surface area contributed by atoms with Crippen molar-refractivity contribution in [2.75, 3.05) is 17.2 Å². The van der Waals surface area contributed by atoms with Gasteiger partial charge in [0, 0.05) is 17.4 Å². The number of primary sulfonamides is 1. The van der Waals surface area contributed by atoms with Crippen LogP contribution in [-0.4, -0.2) is 26.8 Å². The van der Waals surface area contributed by atoms with E-state index >= 15 is 0 Å². The van der Waals surface area contributed by atoms with E-state index < -0.39 is 21.8 Å². The highest BCUT2D eigenvalue weighted by Crippen LogP contribution is 2.18. The number of ether oxygens (including phenoxy) is 1. The van der Waals surface area contributed by atoms with Gasteiger partial charge < -0.3 is 19.8 Å². The summed E-state index contributed by atoms with van der Waals surface area (Å²) in [5.41, 5.74) is 1.49. The van der Waals surface area contributed by atoms with Crippen molar-refractivity contribution in [1.82, 2.24) is 0 Å². The van der Waals surface area contributed by atoms with Crippen LogP contribution in [0.3, 0.4) is 0 Å². The molecule has 0 aliphatic carbocycles. The number of carbonyl (C=O) groups is 2. The minimum atomic E-state index is -3.62. The number of hydrogen-bond acceptors (Lipinski definition) is 6. The van der Waals surface area contributed by atoms with Gasteiger partial charge in [-0.05, 0) is 42.0 Å². The summed E-state index contributed by atoms with van der Waals surface area (Å²) in [5.74, 6) is -0.515. The van der Waals surface area contributed by atoms with Crippen molar-refractivity contribution >= 4 is 33.2 Å². The first-order valence-corrected chi connectivity index (χ1v) is 10.5. The Bertz CT molecular complexity index is 1130. The molecular formula is C20H19N3O6S. The number of benzene rings is 2. The Hall–Kier alpha value is -3.63. The van der Waals surface area contributed by atoms with E-state index in [-0.39, 0.29) is 18.1 Å². The Kier molecular flexibility index (Phi) is 6.50. The van der Waals surface area contributed by atoms with Crippen molar-refractivity contribution in [2.24, 2.45) is 5.14 Å². The quantitative estimate of drug-likeness (QED) is 0.502. The Morgan fingerprint density at radius 3 is 2.40 bits per heavy atom. The number of furan rings is 1. The van der Waals surface area contributed by atoms with Gasteiger partial charge in [0.2, 0.25) is 10.0 Å². The number of anilines is 2. The molecule has 0 aliphatic rings. The van der Waals surface area contributed by atoms with Gasteiger partial charge in [0.05, 0.1) is 12.0 Å². The summed E-state index contributed by atoms with van der Waals surface area (Å²) in [6, 6.07) is 16.0. The van der Waals surface area contributed by atoms with E-state index in [2.05, 4.69) is 10.6 Å². The molecule has 0 unspecified atom stereocenters. The normalized spacial score (nSPS) is 11.0. The minimum absolute atomic E-state index is 0.177. The average Bonchev–Trinajstić information content (AvgIpc) is 3.22. The lowest BCUT2D eigenvalue weighted by Gasteiger charge is -2.10. The number of nitrogens with one attached hydrogen (secondary N) is 2. The maximum atomic E-state index is 12.1. The van der Waals surface area contributed by atoms with Crippen molar-refractivity contribution in [1.29, 1.82) is 0 Å². The fraction of sp³-hybridized carbons (Fsp3) is 0.100.